The average Bonchev–Trinajstić information content (AvgIpc) is 3.21. The van der Waals surface area contributed by atoms with Gasteiger partial charge in [-0.25, -0.2) is 0 Å². The highest BCUT2D eigenvalue weighted by Gasteiger charge is 2.18. The van der Waals surface area contributed by atoms with E-state index < -0.39 is 0 Å². The zero-order valence-electron chi connectivity index (χ0n) is 16.2. The van der Waals surface area contributed by atoms with Gasteiger partial charge in [0.25, 0.3) is 5.91 Å². The molecule has 140 valence electrons. The van der Waals surface area contributed by atoms with Gasteiger partial charge in [-0.2, -0.15) is 0 Å². The van der Waals surface area contributed by atoms with Crippen LogP contribution in [0.4, 0.5) is 0 Å². The summed E-state index contributed by atoms with van der Waals surface area (Å²) in [5.74, 6) is -0.0527. The lowest BCUT2D eigenvalue weighted by molar-refractivity contribution is -0.116. The molecule has 0 fully saturated rings. The standard InChI is InChI=1S/C26H25NO/c1-19(23-16-15-21-13-8-14-24(21)18-23)27-26(28)25(22-11-6-3-7-12-22)17-20-9-4-2-5-10-20/h2-7,9-12,15-19H,8,13-14H2,1H3,(H,27,28)/b25-17+. The molecule has 0 aliphatic heterocycles. The Morgan fingerprint density at radius 1 is 0.893 bits per heavy atom. The van der Waals surface area contributed by atoms with Crippen LogP contribution in [0.5, 0.6) is 0 Å². The summed E-state index contributed by atoms with van der Waals surface area (Å²) in [5, 5.41) is 3.20. The van der Waals surface area contributed by atoms with E-state index in [1.165, 1.54) is 29.5 Å². The van der Waals surface area contributed by atoms with Crippen LogP contribution in [0.3, 0.4) is 0 Å². The van der Waals surface area contributed by atoms with Crippen LogP contribution in [0.2, 0.25) is 0 Å². The van der Waals surface area contributed by atoms with Crippen LogP contribution in [0.15, 0.2) is 78.9 Å². The van der Waals surface area contributed by atoms with Crippen LogP contribution >= 0.6 is 0 Å². The Balaban J connectivity index is 1.60. The van der Waals surface area contributed by atoms with Gasteiger partial charge in [-0.1, -0.05) is 78.9 Å². The van der Waals surface area contributed by atoms with E-state index in [0.29, 0.717) is 5.57 Å². The van der Waals surface area contributed by atoms with Crippen LogP contribution in [-0.4, -0.2) is 5.91 Å². The third-order valence-electron chi connectivity index (χ3n) is 5.41. The van der Waals surface area contributed by atoms with Crippen LogP contribution in [0.1, 0.15) is 47.2 Å². The fourth-order valence-corrected chi connectivity index (χ4v) is 3.83. The van der Waals surface area contributed by atoms with Crippen LogP contribution in [0.25, 0.3) is 11.6 Å². The van der Waals surface area contributed by atoms with Gasteiger partial charge in [-0.3, -0.25) is 4.79 Å². The zero-order valence-corrected chi connectivity index (χ0v) is 16.2. The molecule has 0 aromatic heterocycles. The predicted molar refractivity (Wildman–Crippen MR) is 116 cm³/mol. The number of amides is 1. The molecule has 0 bridgehead atoms. The summed E-state index contributed by atoms with van der Waals surface area (Å²) in [6.45, 7) is 2.06. The predicted octanol–water partition coefficient (Wildman–Crippen LogP) is 5.59. The Labute approximate surface area is 166 Å². The first-order chi connectivity index (χ1) is 13.7. The number of fused-ring (bicyclic) bond motifs is 1. The molecule has 1 amide bonds. The third kappa shape index (κ3) is 4.07. The van der Waals surface area contributed by atoms with Gasteiger partial charge in [0, 0.05) is 5.57 Å². The summed E-state index contributed by atoms with van der Waals surface area (Å²) in [6.07, 6.45) is 5.51. The van der Waals surface area contributed by atoms with Crippen LogP contribution in [-0.2, 0) is 17.6 Å². The maximum Gasteiger partial charge on any atom is 0.252 e. The van der Waals surface area contributed by atoms with E-state index in [-0.39, 0.29) is 11.9 Å². The molecule has 2 heteroatoms. The molecule has 1 unspecified atom stereocenters. The minimum absolute atomic E-state index is 0.0405. The lowest BCUT2D eigenvalue weighted by Crippen LogP contribution is -2.27. The third-order valence-corrected chi connectivity index (χ3v) is 5.41. The number of benzene rings is 3. The van der Waals surface area contributed by atoms with E-state index in [1.807, 2.05) is 66.7 Å². The summed E-state index contributed by atoms with van der Waals surface area (Å²) in [4.78, 5) is 13.2. The second-order valence-corrected chi connectivity index (χ2v) is 7.41. The zero-order chi connectivity index (χ0) is 19.3. The molecule has 0 spiro atoms. The molecule has 2 nitrogen and oxygen atoms in total. The van der Waals surface area contributed by atoms with Crippen molar-refractivity contribution < 1.29 is 4.79 Å². The topological polar surface area (TPSA) is 29.1 Å². The molecule has 1 aliphatic rings. The quantitative estimate of drug-likeness (QED) is 0.462. The Morgan fingerprint density at radius 2 is 1.57 bits per heavy atom. The minimum atomic E-state index is -0.0527. The van der Waals surface area contributed by atoms with Gasteiger partial charge in [0.15, 0.2) is 0 Å². The lowest BCUT2D eigenvalue weighted by atomic mass is 9.99. The fraction of sp³-hybridized carbons (Fsp3) is 0.192. The van der Waals surface area contributed by atoms with Crippen molar-refractivity contribution in [2.75, 3.05) is 0 Å². The van der Waals surface area contributed by atoms with Gasteiger partial charge < -0.3 is 5.32 Å². The van der Waals surface area contributed by atoms with Crippen molar-refractivity contribution in [3.05, 3.63) is 107 Å². The Hall–Kier alpha value is -3.13. The largest absolute Gasteiger partial charge is 0.345 e. The normalized spacial score (nSPS) is 14.4. The smallest absolute Gasteiger partial charge is 0.252 e. The van der Waals surface area contributed by atoms with Crippen molar-refractivity contribution in [1.82, 2.24) is 5.32 Å². The summed E-state index contributed by atoms with van der Waals surface area (Å²) in [5.41, 5.74) is 6.67. The first-order valence-electron chi connectivity index (χ1n) is 9.95. The molecule has 0 heterocycles. The summed E-state index contributed by atoms with van der Waals surface area (Å²) >= 11 is 0. The van der Waals surface area contributed by atoms with Crippen molar-refractivity contribution in [1.29, 1.82) is 0 Å². The number of nitrogens with one attached hydrogen (secondary N) is 1. The molecule has 0 radical (unpaired) electrons. The number of aryl methyl sites for hydroxylation is 2. The molecular formula is C26H25NO. The summed E-state index contributed by atoms with van der Waals surface area (Å²) < 4.78 is 0. The second kappa shape index (κ2) is 8.26. The van der Waals surface area contributed by atoms with E-state index in [2.05, 4.69) is 30.4 Å². The van der Waals surface area contributed by atoms with Gasteiger partial charge in [-0.05, 0) is 60.1 Å². The summed E-state index contributed by atoms with van der Waals surface area (Å²) in [7, 11) is 0. The van der Waals surface area contributed by atoms with Gasteiger partial charge in [0.2, 0.25) is 0 Å². The van der Waals surface area contributed by atoms with E-state index in [0.717, 1.165) is 17.5 Å². The SMILES string of the molecule is CC(NC(=O)/C(=C/c1ccccc1)c1ccccc1)c1ccc2c(c1)CCC2. The van der Waals surface area contributed by atoms with Crippen molar-refractivity contribution in [3.63, 3.8) is 0 Å². The van der Waals surface area contributed by atoms with Crippen LogP contribution in [0, 0.1) is 0 Å². The highest BCUT2D eigenvalue weighted by Crippen LogP contribution is 2.26. The van der Waals surface area contributed by atoms with E-state index in [4.69, 9.17) is 0 Å². The maximum absolute atomic E-state index is 13.2. The van der Waals surface area contributed by atoms with Crippen molar-refractivity contribution in [2.45, 2.75) is 32.2 Å². The highest BCUT2D eigenvalue weighted by atomic mass is 16.1. The van der Waals surface area contributed by atoms with Crippen molar-refractivity contribution in [3.8, 4) is 0 Å². The highest BCUT2D eigenvalue weighted by molar-refractivity contribution is 6.24. The average molecular weight is 367 g/mol. The maximum atomic E-state index is 13.2. The minimum Gasteiger partial charge on any atom is -0.345 e. The van der Waals surface area contributed by atoms with Gasteiger partial charge in [0.1, 0.15) is 0 Å². The van der Waals surface area contributed by atoms with Gasteiger partial charge >= 0.3 is 0 Å². The number of carbonyl (C=O) groups is 1. The molecule has 1 aliphatic carbocycles. The molecular weight excluding hydrogens is 342 g/mol. The number of hydrogen-bond donors (Lipinski definition) is 1. The lowest BCUT2D eigenvalue weighted by Gasteiger charge is -2.17. The Kier molecular flexibility index (Phi) is 5.38. The van der Waals surface area contributed by atoms with Crippen LogP contribution < -0.4 is 5.32 Å². The van der Waals surface area contributed by atoms with E-state index >= 15 is 0 Å². The molecule has 4 rings (SSSR count). The summed E-state index contributed by atoms with van der Waals surface area (Å²) in [6, 6.07) is 26.4. The number of carbonyl (C=O) groups excluding carboxylic acids is 1. The first kappa shape index (κ1) is 18.2. The van der Waals surface area contributed by atoms with E-state index in [9.17, 15) is 4.79 Å². The van der Waals surface area contributed by atoms with E-state index in [1.54, 1.807) is 0 Å². The molecule has 0 saturated heterocycles. The number of hydrogen-bond acceptors (Lipinski definition) is 1. The number of rotatable bonds is 5. The molecule has 1 N–H and O–H groups in total. The monoisotopic (exact) mass is 367 g/mol. The van der Waals surface area contributed by atoms with Crippen molar-refractivity contribution in [2.24, 2.45) is 0 Å². The van der Waals surface area contributed by atoms with Gasteiger partial charge in [-0.15, -0.1) is 0 Å². The fourth-order valence-electron chi connectivity index (χ4n) is 3.83. The molecule has 28 heavy (non-hydrogen) atoms. The van der Waals surface area contributed by atoms with Crippen molar-refractivity contribution >= 4 is 17.6 Å². The Bertz CT molecular complexity index is 989. The molecule has 0 saturated carbocycles. The molecule has 1 atom stereocenters. The molecule has 3 aromatic carbocycles. The van der Waals surface area contributed by atoms with Gasteiger partial charge in [0.05, 0.1) is 6.04 Å². The molecule has 3 aromatic rings. The second-order valence-electron chi connectivity index (χ2n) is 7.41. The first-order valence-corrected chi connectivity index (χ1v) is 9.95. The Morgan fingerprint density at radius 3 is 2.32 bits per heavy atom.